The van der Waals surface area contributed by atoms with Gasteiger partial charge in [-0.05, 0) is 88.1 Å². The minimum atomic E-state index is -5.01. The standard InChI is InChI=1S/C38H50F6N6O4/c1-7-29-19-32(20-30(8-2)50(29)36(52)54-33-14-11-26(12-15-33)35(51)53-6)48(22-25-16-27(37(39,40)41)18-28(17-25)38(42,43)44)34-24(4)10-13-31(21-46-34)49(23-45-5)47-9-3/h9-10,13,16-18,21,23-24,26,29-30,32-33H,7-8,11-12,14-15,19-20,22H2,1-6H3/b45-23?,47-9-/t24?,26?,29-,30+,32?,33?. The Morgan fingerprint density at radius 3 is 2.07 bits per heavy atom. The zero-order chi connectivity index (χ0) is 39.8. The van der Waals surface area contributed by atoms with E-state index in [4.69, 9.17) is 14.5 Å². The highest BCUT2D eigenvalue weighted by Crippen LogP contribution is 2.39. The minimum Gasteiger partial charge on any atom is -0.469 e. The molecule has 1 aromatic carbocycles. The van der Waals surface area contributed by atoms with E-state index < -0.39 is 41.5 Å². The lowest BCUT2D eigenvalue weighted by Gasteiger charge is -2.49. The van der Waals surface area contributed by atoms with Gasteiger partial charge < -0.3 is 19.3 Å². The maximum absolute atomic E-state index is 14.0. The molecule has 2 fully saturated rings. The molecule has 10 nitrogen and oxygen atoms in total. The van der Waals surface area contributed by atoms with Crippen molar-refractivity contribution < 1.29 is 45.4 Å². The Morgan fingerprint density at radius 1 is 0.981 bits per heavy atom. The number of methoxy groups -OCH3 is 1. The molecule has 2 aliphatic heterocycles. The Balaban J connectivity index is 1.73. The van der Waals surface area contributed by atoms with E-state index in [0.29, 0.717) is 62.9 Å². The predicted molar refractivity (Wildman–Crippen MR) is 193 cm³/mol. The number of aliphatic imine (C=N–C) groups is 2. The van der Waals surface area contributed by atoms with E-state index in [1.165, 1.54) is 18.5 Å². The number of amides is 1. The van der Waals surface area contributed by atoms with Crippen LogP contribution in [0.15, 0.2) is 57.3 Å². The topological polar surface area (TPSA) is 99.4 Å². The SMILES string of the molecule is C/C=N\N(C=NC)C1=CN=C(N(Cc2cc(C(F)(F)F)cc(C(F)(F)F)c2)C2C[C@@H](CC)N(C(=O)OC3CCC(C(=O)OC)CC3)[C@@H](CC)C2)C(C)C=C1. The molecular formula is C38H50F6N6O4. The second-order valence-electron chi connectivity index (χ2n) is 13.9. The van der Waals surface area contributed by atoms with Crippen molar-refractivity contribution >= 4 is 30.5 Å². The lowest BCUT2D eigenvalue weighted by molar-refractivity contribution is -0.147. The molecule has 54 heavy (non-hydrogen) atoms. The number of benzene rings is 1. The van der Waals surface area contributed by atoms with Crippen LogP contribution < -0.4 is 0 Å². The molecule has 0 N–H and O–H groups in total. The van der Waals surface area contributed by atoms with Gasteiger partial charge in [0.25, 0.3) is 0 Å². The first-order valence-electron chi connectivity index (χ1n) is 18.3. The van der Waals surface area contributed by atoms with E-state index >= 15 is 0 Å². The normalized spacial score (nSPS) is 25.3. The van der Waals surface area contributed by atoms with Crippen molar-refractivity contribution in [2.45, 2.75) is 122 Å². The van der Waals surface area contributed by atoms with E-state index in [1.807, 2.05) is 26.8 Å². The van der Waals surface area contributed by atoms with E-state index in [2.05, 4.69) is 10.1 Å². The van der Waals surface area contributed by atoms with Crippen LogP contribution >= 0.6 is 0 Å². The molecule has 16 heteroatoms. The van der Waals surface area contributed by atoms with Crippen LogP contribution in [-0.2, 0) is 33.2 Å². The Morgan fingerprint density at radius 2 is 1.57 bits per heavy atom. The van der Waals surface area contributed by atoms with Crippen molar-refractivity contribution in [2.75, 3.05) is 14.2 Å². The highest BCUT2D eigenvalue weighted by atomic mass is 19.4. The molecule has 1 aromatic rings. The summed E-state index contributed by atoms with van der Waals surface area (Å²) in [6.45, 7) is 7.13. The molecular weight excluding hydrogens is 718 g/mol. The number of carbonyl (C=O) groups excluding carboxylic acids is 2. The summed E-state index contributed by atoms with van der Waals surface area (Å²) >= 11 is 0. The van der Waals surface area contributed by atoms with Gasteiger partial charge in [0, 0.05) is 43.9 Å². The zero-order valence-corrected chi connectivity index (χ0v) is 31.5. The van der Waals surface area contributed by atoms with Gasteiger partial charge in [0.05, 0.1) is 36.1 Å². The van der Waals surface area contributed by atoms with Crippen LogP contribution in [0, 0.1) is 11.8 Å². The number of piperidine rings is 1. The van der Waals surface area contributed by atoms with Gasteiger partial charge in [0.2, 0.25) is 0 Å². The van der Waals surface area contributed by atoms with Gasteiger partial charge in [0.1, 0.15) is 18.3 Å². The summed E-state index contributed by atoms with van der Waals surface area (Å²) in [5.41, 5.74) is -2.43. The highest BCUT2D eigenvalue weighted by molar-refractivity contribution is 5.87. The number of alkyl halides is 6. The van der Waals surface area contributed by atoms with Crippen molar-refractivity contribution in [3.8, 4) is 0 Å². The molecule has 298 valence electrons. The van der Waals surface area contributed by atoms with E-state index in [9.17, 15) is 35.9 Å². The molecule has 3 aliphatic rings. The number of rotatable bonds is 10. The molecule has 2 unspecified atom stereocenters. The largest absolute Gasteiger partial charge is 0.469 e. The number of hydrogen-bond acceptors (Lipinski definition) is 8. The van der Waals surface area contributed by atoms with Crippen LogP contribution in [0.2, 0.25) is 0 Å². The fraction of sp³-hybridized carbons (Fsp3) is 0.605. The summed E-state index contributed by atoms with van der Waals surface area (Å²) in [6.07, 6.45) is 1.26. The number of hydrazone groups is 1. The number of carbonyl (C=O) groups is 2. The fourth-order valence-electron chi connectivity index (χ4n) is 7.51. The third-order valence-corrected chi connectivity index (χ3v) is 10.3. The maximum Gasteiger partial charge on any atom is 0.416 e. The Hall–Kier alpha value is -4.37. The molecule has 0 radical (unpaired) electrons. The van der Waals surface area contributed by atoms with Crippen LogP contribution in [0.1, 0.15) is 95.8 Å². The molecule has 0 spiro atoms. The van der Waals surface area contributed by atoms with Gasteiger partial charge in [-0.2, -0.15) is 31.4 Å². The smallest absolute Gasteiger partial charge is 0.416 e. The van der Waals surface area contributed by atoms with Crippen molar-refractivity contribution in [3.05, 3.63) is 58.9 Å². The van der Waals surface area contributed by atoms with Crippen molar-refractivity contribution in [1.82, 2.24) is 14.8 Å². The van der Waals surface area contributed by atoms with Crippen molar-refractivity contribution in [2.24, 2.45) is 26.9 Å². The number of allylic oxidation sites excluding steroid dienone is 1. The zero-order valence-electron chi connectivity index (χ0n) is 31.5. The van der Waals surface area contributed by atoms with Crippen LogP contribution in [0.25, 0.3) is 0 Å². The van der Waals surface area contributed by atoms with Crippen molar-refractivity contribution in [1.29, 1.82) is 0 Å². The molecule has 0 aromatic heterocycles. The van der Waals surface area contributed by atoms with E-state index in [-0.39, 0.29) is 48.2 Å². The van der Waals surface area contributed by atoms with Gasteiger partial charge >= 0.3 is 24.4 Å². The van der Waals surface area contributed by atoms with Gasteiger partial charge in [-0.15, -0.1) is 0 Å². The number of likely N-dealkylation sites (tertiary alicyclic amines) is 1. The molecule has 0 bridgehead atoms. The maximum atomic E-state index is 14.0. The lowest BCUT2D eigenvalue weighted by Crippen LogP contribution is -2.58. The summed E-state index contributed by atoms with van der Waals surface area (Å²) in [7, 11) is 2.93. The molecule has 1 saturated carbocycles. The highest BCUT2D eigenvalue weighted by Gasteiger charge is 2.43. The number of halogens is 6. The predicted octanol–water partition coefficient (Wildman–Crippen LogP) is 8.83. The minimum absolute atomic E-state index is 0.127. The summed E-state index contributed by atoms with van der Waals surface area (Å²) < 4.78 is 94.7. The number of ether oxygens (including phenoxy) is 2. The summed E-state index contributed by atoms with van der Waals surface area (Å²) in [5, 5.41) is 5.79. The Kier molecular flexibility index (Phi) is 14.4. The monoisotopic (exact) mass is 768 g/mol. The van der Waals surface area contributed by atoms with E-state index in [0.717, 1.165) is 12.1 Å². The van der Waals surface area contributed by atoms with Crippen LogP contribution in [0.3, 0.4) is 0 Å². The van der Waals surface area contributed by atoms with Crippen LogP contribution in [0.4, 0.5) is 31.1 Å². The first-order chi connectivity index (χ1) is 25.5. The number of hydrogen-bond donors (Lipinski definition) is 0. The Bertz CT molecular complexity index is 1560. The van der Waals surface area contributed by atoms with E-state index in [1.54, 1.807) is 42.3 Å². The third kappa shape index (κ3) is 10.4. The van der Waals surface area contributed by atoms with Crippen LogP contribution in [0.5, 0.6) is 0 Å². The number of nitrogens with zero attached hydrogens (tertiary/aromatic N) is 6. The fourth-order valence-corrected chi connectivity index (χ4v) is 7.51. The average Bonchev–Trinajstić information content (AvgIpc) is 3.33. The average molecular weight is 769 g/mol. The van der Waals surface area contributed by atoms with Crippen LogP contribution in [-0.4, -0.2) is 83.6 Å². The summed E-state index contributed by atoms with van der Waals surface area (Å²) in [4.78, 5) is 38.2. The molecule has 4 rings (SSSR count). The number of esters is 1. The Labute approximate surface area is 312 Å². The molecule has 1 amide bonds. The van der Waals surface area contributed by atoms with Gasteiger partial charge in [0.15, 0.2) is 0 Å². The first kappa shape index (κ1) is 42.4. The molecule has 1 saturated heterocycles. The third-order valence-electron chi connectivity index (χ3n) is 10.3. The summed E-state index contributed by atoms with van der Waals surface area (Å²) in [6, 6.07) is 0.526. The lowest BCUT2D eigenvalue weighted by atomic mass is 9.86. The molecule has 1 aliphatic carbocycles. The van der Waals surface area contributed by atoms with Gasteiger partial charge in [-0.25, -0.2) is 14.8 Å². The molecule has 4 atom stereocenters. The number of amidine groups is 1. The second kappa shape index (κ2) is 18.3. The summed E-state index contributed by atoms with van der Waals surface area (Å²) in [5.74, 6) is -0.491. The first-order valence-corrected chi connectivity index (χ1v) is 18.3. The quantitative estimate of drug-likeness (QED) is 0.0776. The second-order valence-corrected chi connectivity index (χ2v) is 13.9. The van der Waals surface area contributed by atoms with Gasteiger partial charge in [-0.3, -0.25) is 9.79 Å². The molecule has 2 heterocycles. The van der Waals surface area contributed by atoms with Crippen molar-refractivity contribution in [3.63, 3.8) is 0 Å². The van der Waals surface area contributed by atoms with Gasteiger partial charge in [-0.1, -0.05) is 26.8 Å².